The Kier molecular flexibility index (Phi) is 12.2. The van der Waals surface area contributed by atoms with Crippen molar-refractivity contribution < 1.29 is 23.9 Å². The summed E-state index contributed by atoms with van der Waals surface area (Å²) in [6.07, 6.45) is 1.61. The average Bonchev–Trinajstić information content (AvgIpc) is 3.12. The van der Waals surface area contributed by atoms with Gasteiger partial charge in [-0.05, 0) is 96.9 Å². The molecule has 5 aromatic rings. The van der Waals surface area contributed by atoms with Crippen LogP contribution < -0.4 is 16.0 Å². The van der Waals surface area contributed by atoms with E-state index >= 15 is 0 Å². The van der Waals surface area contributed by atoms with E-state index in [1.807, 2.05) is 72.8 Å². The van der Waals surface area contributed by atoms with Crippen molar-refractivity contribution in [3.8, 4) is 0 Å². The molecule has 0 aliphatic carbocycles. The number of nitrogens with one attached hydrogen (secondary N) is 3. The molecule has 0 aliphatic rings. The number of hydrogen-bond donors (Lipinski definition) is 3. The van der Waals surface area contributed by atoms with Crippen LogP contribution in [0.4, 0.5) is 11.4 Å². The van der Waals surface area contributed by atoms with Gasteiger partial charge in [-0.1, -0.05) is 76.6 Å². The molecule has 0 saturated carbocycles. The topological polar surface area (TPSA) is 114 Å². The van der Waals surface area contributed by atoms with Crippen molar-refractivity contribution >= 4 is 68.8 Å². The fraction of sp³-hybridized carbons (Fsp3) is 0.0769. The summed E-state index contributed by atoms with van der Waals surface area (Å²) in [5.41, 5.74) is 3.47. The van der Waals surface area contributed by atoms with E-state index in [0.29, 0.717) is 22.5 Å². The number of hydrogen-bond acceptors (Lipinski definition) is 6. The van der Waals surface area contributed by atoms with Gasteiger partial charge in [-0.15, -0.1) is 11.8 Å². The highest BCUT2D eigenvalue weighted by Crippen LogP contribution is 2.37. The third-order valence-electron chi connectivity index (χ3n) is 7.06. The first kappa shape index (κ1) is 34.9. The molecule has 0 heterocycles. The molecule has 5 aromatic carbocycles. The van der Waals surface area contributed by atoms with Crippen molar-refractivity contribution in [1.82, 2.24) is 5.32 Å². The van der Waals surface area contributed by atoms with E-state index in [9.17, 15) is 19.2 Å². The quantitative estimate of drug-likeness (QED) is 0.0673. The van der Waals surface area contributed by atoms with Crippen LogP contribution in [-0.4, -0.2) is 30.3 Å². The zero-order valence-electron chi connectivity index (χ0n) is 26.4. The predicted octanol–water partition coefficient (Wildman–Crippen LogP) is 8.51. The summed E-state index contributed by atoms with van der Waals surface area (Å²) in [7, 11) is 0. The van der Waals surface area contributed by atoms with Gasteiger partial charge in [-0.3, -0.25) is 14.4 Å². The smallest absolute Gasteiger partial charge is 0.338 e. The first-order valence-corrected chi connectivity index (χ1v) is 17.0. The van der Waals surface area contributed by atoms with E-state index in [1.165, 1.54) is 11.8 Å². The van der Waals surface area contributed by atoms with Gasteiger partial charge in [0.15, 0.2) is 0 Å². The molecule has 0 saturated heterocycles. The van der Waals surface area contributed by atoms with Crippen LogP contribution in [0.25, 0.3) is 6.08 Å². The Morgan fingerprint density at radius 1 is 0.735 bits per heavy atom. The van der Waals surface area contributed by atoms with Gasteiger partial charge in [-0.25, -0.2) is 4.79 Å². The summed E-state index contributed by atoms with van der Waals surface area (Å²) in [5.74, 6) is -1.58. The number of amides is 3. The second-order valence-corrected chi connectivity index (χ2v) is 12.7. The molecule has 0 spiro atoms. The summed E-state index contributed by atoms with van der Waals surface area (Å²) in [5, 5.41) is 7.96. The molecule has 10 heteroatoms. The number of rotatable bonds is 12. The first-order chi connectivity index (χ1) is 23.8. The molecule has 0 radical (unpaired) electrons. The van der Waals surface area contributed by atoms with Crippen molar-refractivity contribution in [2.75, 3.05) is 17.2 Å². The minimum Gasteiger partial charge on any atom is -0.462 e. The van der Waals surface area contributed by atoms with Crippen molar-refractivity contribution in [2.24, 2.45) is 0 Å². The monoisotopic (exact) mass is 733 g/mol. The highest BCUT2D eigenvalue weighted by atomic mass is 79.9. The molecule has 246 valence electrons. The van der Waals surface area contributed by atoms with Crippen LogP contribution in [0, 0.1) is 0 Å². The lowest BCUT2D eigenvalue weighted by molar-refractivity contribution is -0.116. The van der Waals surface area contributed by atoms with E-state index in [2.05, 4.69) is 31.9 Å². The van der Waals surface area contributed by atoms with Gasteiger partial charge in [-0.2, -0.15) is 0 Å². The molecule has 5 rings (SSSR count). The van der Waals surface area contributed by atoms with Crippen molar-refractivity contribution in [2.45, 2.75) is 17.1 Å². The third-order valence-corrected chi connectivity index (χ3v) is 8.82. The molecule has 0 bridgehead atoms. The fourth-order valence-electron chi connectivity index (χ4n) is 4.67. The predicted molar refractivity (Wildman–Crippen MR) is 197 cm³/mol. The Labute approximate surface area is 297 Å². The maximum Gasteiger partial charge on any atom is 0.338 e. The highest BCUT2D eigenvalue weighted by molar-refractivity contribution is 9.10. The third kappa shape index (κ3) is 10.0. The summed E-state index contributed by atoms with van der Waals surface area (Å²) < 4.78 is 5.87. The van der Waals surface area contributed by atoms with Crippen LogP contribution in [0.5, 0.6) is 0 Å². The maximum atomic E-state index is 13.6. The minimum absolute atomic E-state index is 0.0708. The average molecular weight is 735 g/mol. The van der Waals surface area contributed by atoms with E-state index in [4.69, 9.17) is 4.74 Å². The number of anilines is 2. The molecule has 1 atom stereocenters. The Hall–Kier alpha value is -5.45. The van der Waals surface area contributed by atoms with Crippen LogP contribution in [0.1, 0.15) is 44.0 Å². The zero-order valence-corrected chi connectivity index (χ0v) is 28.8. The fourth-order valence-corrected chi connectivity index (χ4v) is 6.11. The summed E-state index contributed by atoms with van der Waals surface area (Å²) in [4.78, 5) is 52.8. The van der Waals surface area contributed by atoms with Crippen molar-refractivity contribution in [3.63, 3.8) is 0 Å². The van der Waals surface area contributed by atoms with Crippen LogP contribution in [0.3, 0.4) is 0 Å². The van der Waals surface area contributed by atoms with Crippen LogP contribution in [-0.2, 0) is 14.3 Å². The Morgan fingerprint density at radius 3 is 2.02 bits per heavy atom. The van der Waals surface area contributed by atoms with Gasteiger partial charge in [0.1, 0.15) is 10.9 Å². The Balaban J connectivity index is 1.30. The van der Waals surface area contributed by atoms with Crippen LogP contribution in [0.2, 0.25) is 0 Å². The van der Waals surface area contributed by atoms with Gasteiger partial charge in [0.05, 0.1) is 12.2 Å². The van der Waals surface area contributed by atoms with Gasteiger partial charge in [0, 0.05) is 26.3 Å². The van der Waals surface area contributed by atoms with Crippen molar-refractivity contribution in [1.29, 1.82) is 0 Å². The van der Waals surface area contributed by atoms with Crippen LogP contribution >= 0.6 is 27.7 Å². The number of carbonyl (C=O) groups excluding carboxylic acids is 4. The SMILES string of the molecule is CCOC(=O)c1ccc(NC(=O)C(Sc2ccc(NC(=O)/C(=C/c3cccc(Br)c3)NC(=O)c3ccccc3)cc2)c2ccccc2)cc1. The Bertz CT molecular complexity index is 1950. The summed E-state index contributed by atoms with van der Waals surface area (Å²) in [6, 6.07) is 39.1. The summed E-state index contributed by atoms with van der Waals surface area (Å²) >= 11 is 4.80. The van der Waals surface area contributed by atoms with E-state index in [0.717, 1.165) is 20.5 Å². The number of benzene rings is 5. The molecule has 0 fully saturated rings. The zero-order chi connectivity index (χ0) is 34.6. The van der Waals surface area contributed by atoms with E-state index in [1.54, 1.807) is 73.7 Å². The molecule has 8 nitrogen and oxygen atoms in total. The largest absolute Gasteiger partial charge is 0.462 e. The Morgan fingerprint density at radius 2 is 1.37 bits per heavy atom. The van der Waals surface area contributed by atoms with Crippen LogP contribution in [0.15, 0.2) is 149 Å². The van der Waals surface area contributed by atoms with Gasteiger partial charge in [0.25, 0.3) is 11.8 Å². The van der Waals surface area contributed by atoms with Crippen molar-refractivity contribution in [3.05, 3.63) is 166 Å². The molecule has 0 aliphatic heterocycles. The lowest BCUT2D eigenvalue weighted by Gasteiger charge is -2.18. The standard InChI is InChI=1S/C39H32BrN3O5S/c1-2-48-39(47)29-16-18-31(19-17-29)42-38(46)35(27-11-5-3-6-12-27)49-33-22-20-32(21-23-33)41-37(45)34(25-26-10-9-15-30(40)24-26)43-36(44)28-13-7-4-8-14-28/h3-25,35H,2H2,1H3,(H,41,45)(H,42,46)(H,43,44)/b34-25-. The molecule has 3 N–H and O–H groups in total. The number of halogens is 1. The normalized spacial score (nSPS) is 11.6. The van der Waals surface area contributed by atoms with Gasteiger partial charge in [0.2, 0.25) is 5.91 Å². The van der Waals surface area contributed by atoms with Gasteiger partial charge >= 0.3 is 5.97 Å². The summed E-state index contributed by atoms with van der Waals surface area (Å²) in [6.45, 7) is 2.02. The van der Waals surface area contributed by atoms with E-state index in [-0.39, 0.29) is 18.2 Å². The second-order valence-electron chi connectivity index (χ2n) is 10.6. The number of carbonyl (C=O) groups is 4. The molecule has 3 amide bonds. The van der Waals surface area contributed by atoms with Gasteiger partial charge < -0.3 is 20.7 Å². The maximum absolute atomic E-state index is 13.6. The number of thioether (sulfide) groups is 1. The highest BCUT2D eigenvalue weighted by Gasteiger charge is 2.23. The molecule has 1 unspecified atom stereocenters. The number of ether oxygens (including phenoxy) is 1. The lowest BCUT2D eigenvalue weighted by atomic mass is 10.1. The first-order valence-electron chi connectivity index (χ1n) is 15.3. The molecule has 0 aromatic heterocycles. The molecule has 49 heavy (non-hydrogen) atoms. The minimum atomic E-state index is -0.598. The number of esters is 1. The second kappa shape index (κ2) is 17.1. The molecular weight excluding hydrogens is 702 g/mol. The lowest BCUT2D eigenvalue weighted by Crippen LogP contribution is -2.30. The molecular formula is C39H32BrN3O5S. The van der Waals surface area contributed by atoms with E-state index < -0.39 is 23.0 Å².